The number of rotatable bonds is 12. The third-order valence-corrected chi connectivity index (χ3v) is 6.55. The molecule has 0 amide bonds. The molecule has 0 aliphatic rings. The number of hydrogen-bond donors (Lipinski definition) is 0. The normalized spacial score (nSPS) is 11.9. The minimum atomic E-state index is 1.01. The van der Waals surface area contributed by atoms with E-state index >= 15 is 0 Å². The van der Waals surface area contributed by atoms with Gasteiger partial charge in [0.15, 0.2) is 0 Å². The summed E-state index contributed by atoms with van der Waals surface area (Å²) in [5, 5.41) is 0. The van der Waals surface area contributed by atoms with Crippen molar-refractivity contribution in [2.45, 2.75) is 57.9 Å². The summed E-state index contributed by atoms with van der Waals surface area (Å²) in [6.07, 6.45) is 5.79. The van der Waals surface area contributed by atoms with Gasteiger partial charge in [-0.05, 0) is 0 Å². The average molecular weight is 313 g/mol. The molecule has 0 saturated heterocycles. The summed E-state index contributed by atoms with van der Waals surface area (Å²) >= 11 is 1.01. The minimum absolute atomic E-state index is 1.01. The summed E-state index contributed by atoms with van der Waals surface area (Å²) < 4.78 is 1.09. The second-order valence-electron chi connectivity index (χ2n) is 5.44. The Hall–Kier alpha value is 0.556. The van der Waals surface area contributed by atoms with Gasteiger partial charge in [-0.15, -0.1) is 0 Å². The van der Waals surface area contributed by atoms with Crippen molar-refractivity contribution in [2.75, 3.05) is 39.3 Å². The fourth-order valence-corrected chi connectivity index (χ4v) is 4.26. The van der Waals surface area contributed by atoms with Crippen molar-refractivity contribution in [1.82, 2.24) is 9.80 Å². The third-order valence-electron chi connectivity index (χ3n) is 4.13. The summed E-state index contributed by atoms with van der Waals surface area (Å²) in [5.74, 6) is 0. The Balaban J connectivity index is 3.50. The number of hydrogen-bond acceptors (Lipinski definition) is 2. The van der Waals surface area contributed by atoms with Crippen LogP contribution in [0.2, 0.25) is 4.47 Å². The van der Waals surface area contributed by atoms with E-state index in [2.05, 4.69) is 37.5 Å². The van der Waals surface area contributed by atoms with E-state index in [0.717, 1.165) is 23.1 Å². The standard InChI is InChI=1S/C15H33N2.Ga.2H/c1-5-16(6-2)14-12-10-9-11-13-15-17(7-3)8-4;;;/h9H,5-8,10-15H2,1-4H3;;;. The molecular weight excluding hydrogens is 278 g/mol. The molecule has 0 aliphatic heterocycles. The van der Waals surface area contributed by atoms with Gasteiger partial charge in [0.1, 0.15) is 0 Å². The van der Waals surface area contributed by atoms with Crippen molar-refractivity contribution in [3.63, 3.8) is 0 Å². The molecule has 3 heteroatoms. The van der Waals surface area contributed by atoms with Gasteiger partial charge in [-0.2, -0.15) is 0 Å². The molecule has 0 aromatic carbocycles. The SMILES string of the molecule is CCN(CC)CCC[CH]([GaH2])CCCN(CC)CC. The van der Waals surface area contributed by atoms with Gasteiger partial charge in [-0.3, -0.25) is 0 Å². The summed E-state index contributed by atoms with van der Waals surface area (Å²) in [5.41, 5.74) is 0. The van der Waals surface area contributed by atoms with Gasteiger partial charge in [0.25, 0.3) is 0 Å². The molecule has 0 spiro atoms. The zero-order valence-electron chi connectivity index (χ0n) is 13.5. The Bertz CT molecular complexity index is 150. The second kappa shape index (κ2) is 12.6. The van der Waals surface area contributed by atoms with Crippen LogP contribution in [0.1, 0.15) is 53.4 Å². The van der Waals surface area contributed by atoms with Crippen LogP contribution >= 0.6 is 0 Å². The van der Waals surface area contributed by atoms with Gasteiger partial charge in [-0.1, -0.05) is 0 Å². The summed E-state index contributed by atoms with van der Waals surface area (Å²) in [6.45, 7) is 16.6. The molecule has 18 heavy (non-hydrogen) atoms. The van der Waals surface area contributed by atoms with E-state index in [-0.39, 0.29) is 0 Å². The first-order valence-corrected chi connectivity index (χ1v) is 10.5. The summed E-state index contributed by atoms with van der Waals surface area (Å²) in [4.78, 5) is 5.10. The Kier molecular flexibility index (Phi) is 13.0. The monoisotopic (exact) mass is 312 g/mol. The fourth-order valence-electron chi connectivity index (χ4n) is 2.55. The first-order chi connectivity index (χ1) is 8.67. The van der Waals surface area contributed by atoms with E-state index < -0.39 is 0 Å². The summed E-state index contributed by atoms with van der Waals surface area (Å²) in [6, 6.07) is 0. The van der Waals surface area contributed by atoms with E-state index in [1.165, 1.54) is 65.0 Å². The Morgan fingerprint density at radius 2 is 1.06 bits per heavy atom. The Morgan fingerprint density at radius 3 is 1.33 bits per heavy atom. The fraction of sp³-hybridized carbons (Fsp3) is 1.00. The molecular formula is C15H35GaN2. The molecule has 0 bridgehead atoms. The molecule has 0 saturated carbocycles. The maximum atomic E-state index is 2.55. The molecule has 0 atom stereocenters. The van der Waals surface area contributed by atoms with Crippen LogP contribution < -0.4 is 0 Å². The first kappa shape index (κ1) is 18.6. The predicted molar refractivity (Wildman–Crippen MR) is 86.3 cm³/mol. The molecule has 2 nitrogen and oxygen atoms in total. The van der Waals surface area contributed by atoms with Gasteiger partial charge in [0.2, 0.25) is 0 Å². The van der Waals surface area contributed by atoms with E-state index in [0.29, 0.717) is 0 Å². The van der Waals surface area contributed by atoms with Crippen LogP contribution in [0, 0.1) is 0 Å². The van der Waals surface area contributed by atoms with Crippen molar-refractivity contribution in [3.05, 3.63) is 0 Å². The van der Waals surface area contributed by atoms with E-state index in [1.54, 1.807) is 0 Å². The summed E-state index contributed by atoms with van der Waals surface area (Å²) in [7, 11) is 0. The molecule has 0 unspecified atom stereocenters. The Morgan fingerprint density at radius 1 is 0.722 bits per heavy atom. The van der Waals surface area contributed by atoms with Crippen LogP contribution in [-0.2, 0) is 0 Å². The zero-order valence-corrected chi connectivity index (χ0v) is 17.7. The van der Waals surface area contributed by atoms with E-state index in [9.17, 15) is 0 Å². The molecule has 0 fully saturated rings. The first-order valence-electron chi connectivity index (χ1n) is 8.12. The van der Waals surface area contributed by atoms with Gasteiger partial charge in [-0.25, -0.2) is 0 Å². The van der Waals surface area contributed by atoms with Crippen molar-refractivity contribution >= 4 is 18.6 Å². The zero-order chi connectivity index (χ0) is 13.8. The molecule has 0 N–H and O–H groups in total. The predicted octanol–water partition coefficient (Wildman–Crippen LogP) is 2.65. The van der Waals surface area contributed by atoms with Crippen molar-refractivity contribution in [2.24, 2.45) is 0 Å². The third kappa shape index (κ3) is 9.48. The van der Waals surface area contributed by atoms with E-state index in [4.69, 9.17) is 0 Å². The molecule has 108 valence electrons. The van der Waals surface area contributed by atoms with Crippen LogP contribution in [0.5, 0.6) is 0 Å². The van der Waals surface area contributed by atoms with E-state index in [1.807, 2.05) is 0 Å². The van der Waals surface area contributed by atoms with Crippen LogP contribution in [-0.4, -0.2) is 67.7 Å². The van der Waals surface area contributed by atoms with Crippen molar-refractivity contribution < 1.29 is 0 Å². The van der Waals surface area contributed by atoms with Gasteiger partial charge >= 0.3 is 126 Å². The topological polar surface area (TPSA) is 6.48 Å². The van der Waals surface area contributed by atoms with Crippen LogP contribution in [0.15, 0.2) is 0 Å². The van der Waals surface area contributed by atoms with Gasteiger partial charge in [0, 0.05) is 0 Å². The van der Waals surface area contributed by atoms with Crippen molar-refractivity contribution in [3.8, 4) is 0 Å². The van der Waals surface area contributed by atoms with Crippen molar-refractivity contribution in [1.29, 1.82) is 0 Å². The van der Waals surface area contributed by atoms with Gasteiger partial charge < -0.3 is 0 Å². The molecule has 0 rings (SSSR count). The molecule has 0 heterocycles. The molecule has 0 aliphatic carbocycles. The molecule has 0 aromatic heterocycles. The molecule has 0 radical (unpaired) electrons. The van der Waals surface area contributed by atoms with Gasteiger partial charge in [0.05, 0.1) is 0 Å². The maximum absolute atomic E-state index is 2.55. The number of nitrogens with zero attached hydrogens (tertiary/aromatic N) is 2. The quantitative estimate of drug-likeness (QED) is 0.511. The van der Waals surface area contributed by atoms with Crippen LogP contribution in [0.25, 0.3) is 0 Å². The van der Waals surface area contributed by atoms with Crippen LogP contribution in [0.3, 0.4) is 0 Å². The molecule has 0 aromatic rings. The van der Waals surface area contributed by atoms with Crippen LogP contribution in [0.4, 0.5) is 0 Å². The average Bonchev–Trinajstić information content (AvgIpc) is 2.40. The second-order valence-corrected chi connectivity index (χ2v) is 8.87. The Labute approximate surface area is 125 Å².